The lowest BCUT2D eigenvalue weighted by molar-refractivity contribution is 0.455. The lowest BCUT2D eigenvalue weighted by atomic mass is 10.1. The van der Waals surface area contributed by atoms with E-state index in [2.05, 4.69) is 25.1 Å². The van der Waals surface area contributed by atoms with Crippen molar-refractivity contribution in [3.05, 3.63) is 65.3 Å². The van der Waals surface area contributed by atoms with Crippen molar-refractivity contribution in [2.24, 2.45) is 0 Å². The van der Waals surface area contributed by atoms with Gasteiger partial charge in [-0.2, -0.15) is 5.10 Å². The molecular weight excluding hydrogens is 397 g/mol. The smallest absolute Gasteiger partial charge is 0.342 e. The monoisotopic (exact) mass is 409 g/mol. The molecular formula is C16H13Cl2N5O4. The molecule has 9 nitrogen and oxygen atoms in total. The molecule has 0 bridgehead atoms. The van der Waals surface area contributed by atoms with Gasteiger partial charge in [0.2, 0.25) is 5.88 Å². The summed E-state index contributed by atoms with van der Waals surface area (Å²) in [6, 6.07) is 2.82. The molecule has 0 aliphatic rings. The van der Waals surface area contributed by atoms with Crippen molar-refractivity contribution >= 4 is 23.2 Å². The Morgan fingerprint density at radius 2 is 1.74 bits per heavy atom. The quantitative estimate of drug-likeness (QED) is 0.605. The van der Waals surface area contributed by atoms with Gasteiger partial charge in [-0.15, -0.1) is 0 Å². The van der Waals surface area contributed by atoms with Crippen LogP contribution in [0.15, 0.2) is 32.7 Å². The number of ether oxygens (including phenoxy) is 1. The fourth-order valence-corrected chi connectivity index (χ4v) is 2.85. The lowest BCUT2D eigenvalue weighted by Gasteiger charge is -2.11. The van der Waals surface area contributed by atoms with E-state index in [9.17, 15) is 14.4 Å². The molecule has 11 heteroatoms. The number of aromatic nitrogens is 5. The van der Waals surface area contributed by atoms with E-state index < -0.39 is 11.2 Å². The zero-order valence-electron chi connectivity index (χ0n) is 14.1. The Morgan fingerprint density at radius 1 is 1.07 bits per heavy atom. The second-order valence-electron chi connectivity index (χ2n) is 5.83. The van der Waals surface area contributed by atoms with E-state index in [-0.39, 0.29) is 44.4 Å². The number of aromatic amines is 3. The molecule has 0 aliphatic carbocycles. The summed E-state index contributed by atoms with van der Waals surface area (Å²) in [5.74, 6) is 0.0933. The summed E-state index contributed by atoms with van der Waals surface area (Å²) in [5.41, 5.74) is -1.20. The lowest BCUT2D eigenvalue weighted by Crippen LogP contribution is -2.25. The Kier molecular flexibility index (Phi) is 5.15. The number of rotatable bonds is 4. The molecule has 3 N–H and O–H groups in total. The number of benzene rings is 1. The molecule has 27 heavy (non-hydrogen) atoms. The van der Waals surface area contributed by atoms with Crippen LogP contribution in [0.5, 0.6) is 11.6 Å². The number of hydrogen-bond donors (Lipinski definition) is 3. The second kappa shape index (κ2) is 7.37. The first-order valence-electron chi connectivity index (χ1n) is 7.72. The molecule has 0 fully saturated rings. The summed E-state index contributed by atoms with van der Waals surface area (Å²) in [5, 5.41) is 6.00. The number of nitrogens with one attached hydrogen (secondary N) is 3. The third kappa shape index (κ3) is 3.93. The summed E-state index contributed by atoms with van der Waals surface area (Å²) in [4.78, 5) is 43.5. The van der Waals surface area contributed by atoms with Crippen LogP contribution in [0.25, 0.3) is 11.3 Å². The molecule has 0 atom stereocenters. The highest BCUT2D eigenvalue weighted by atomic mass is 35.5. The van der Waals surface area contributed by atoms with Crippen LogP contribution in [0, 0.1) is 0 Å². The molecule has 3 rings (SSSR count). The maximum atomic E-state index is 11.9. The van der Waals surface area contributed by atoms with Crippen molar-refractivity contribution in [1.29, 1.82) is 0 Å². The van der Waals surface area contributed by atoms with Gasteiger partial charge in [0.1, 0.15) is 5.69 Å². The molecule has 1 aromatic carbocycles. The Bertz CT molecular complexity index is 1160. The fraction of sp³-hybridized carbons (Fsp3) is 0.188. The van der Waals surface area contributed by atoms with E-state index >= 15 is 0 Å². The predicted octanol–water partition coefficient (Wildman–Crippen LogP) is 2.43. The molecule has 0 unspecified atom stereocenters. The minimum atomic E-state index is -0.731. The first kappa shape index (κ1) is 18.9. The van der Waals surface area contributed by atoms with Crippen LogP contribution in [0.2, 0.25) is 10.0 Å². The molecule has 0 radical (unpaired) electrons. The first-order chi connectivity index (χ1) is 12.8. The molecule has 0 aliphatic heterocycles. The van der Waals surface area contributed by atoms with Gasteiger partial charge in [-0.1, -0.05) is 37.0 Å². The fourth-order valence-electron chi connectivity index (χ4n) is 2.29. The molecule has 3 aromatic rings. The van der Waals surface area contributed by atoms with Gasteiger partial charge >= 0.3 is 5.69 Å². The maximum absolute atomic E-state index is 11.9. The molecule has 0 amide bonds. The highest BCUT2D eigenvalue weighted by molar-refractivity contribution is 6.37. The number of H-pyrrole nitrogens is 3. The zero-order valence-corrected chi connectivity index (χ0v) is 15.6. The van der Waals surface area contributed by atoms with Crippen molar-refractivity contribution < 1.29 is 4.74 Å². The molecule has 140 valence electrons. The SMILES string of the molecule is CC(C)c1nc(Oc2c(Cl)cc(-c3n[nH]c(=O)[nH]c3=O)cc2Cl)c[nH]c1=O. The van der Waals surface area contributed by atoms with Crippen molar-refractivity contribution in [3.63, 3.8) is 0 Å². The van der Waals surface area contributed by atoms with E-state index in [4.69, 9.17) is 27.9 Å². The summed E-state index contributed by atoms with van der Waals surface area (Å²) in [6.45, 7) is 3.65. The van der Waals surface area contributed by atoms with Crippen LogP contribution < -0.4 is 21.5 Å². The van der Waals surface area contributed by atoms with Crippen LogP contribution in [0.4, 0.5) is 0 Å². The maximum Gasteiger partial charge on any atom is 0.342 e. The normalized spacial score (nSPS) is 11.0. The molecule has 2 heterocycles. The van der Waals surface area contributed by atoms with Gasteiger partial charge < -0.3 is 9.72 Å². The zero-order chi connectivity index (χ0) is 19.7. The van der Waals surface area contributed by atoms with Crippen LogP contribution in [0.1, 0.15) is 25.5 Å². The van der Waals surface area contributed by atoms with Gasteiger partial charge in [-0.05, 0) is 12.1 Å². The van der Waals surface area contributed by atoms with Gasteiger partial charge in [-0.25, -0.2) is 14.9 Å². The number of nitrogens with zero attached hydrogens (tertiary/aromatic N) is 2. The van der Waals surface area contributed by atoms with Gasteiger partial charge in [0.05, 0.1) is 16.2 Å². The van der Waals surface area contributed by atoms with Crippen LogP contribution in [-0.4, -0.2) is 25.1 Å². The Balaban J connectivity index is 2.01. The average molecular weight is 410 g/mol. The van der Waals surface area contributed by atoms with E-state index in [1.165, 1.54) is 18.3 Å². The summed E-state index contributed by atoms with van der Waals surface area (Å²) < 4.78 is 5.62. The average Bonchev–Trinajstić information content (AvgIpc) is 2.59. The van der Waals surface area contributed by atoms with Crippen LogP contribution in [0.3, 0.4) is 0 Å². The summed E-state index contributed by atoms with van der Waals surface area (Å²) >= 11 is 12.5. The van der Waals surface area contributed by atoms with Crippen molar-refractivity contribution in [1.82, 2.24) is 25.1 Å². The van der Waals surface area contributed by atoms with Gasteiger partial charge in [-0.3, -0.25) is 14.6 Å². The van der Waals surface area contributed by atoms with Crippen LogP contribution in [-0.2, 0) is 0 Å². The van der Waals surface area contributed by atoms with Gasteiger partial charge in [0.15, 0.2) is 11.4 Å². The van der Waals surface area contributed by atoms with E-state index in [1.54, 1.807) is 0 Å². The first-order valence-corrected chi connectivity index (χ1v) is 8.47. The molecule has 0 saturated carbocycles. The Morgan fingerprint density at radius 3 is 2.33 bits per heavy atom. The highest BCUT2D eigenvalue weighted by Gasteiger charge is 2.16. The molecule has 0 saturated heterocycles. The topological polar surface area (TPSA) is 134 Å². The van der Waals surface area contributed by atoms with Crippen molar-refractivity contribution in [2.75, 3.05) is 0 Å². The predicted molar refractivity (Wildman–Crippen MR) is 100.0 cm³/mol. The number of halogens is 2. The third-order valence-electron chi connectivity index (χ3n) is 3.53. The standard InChI is InChI=1S/C16H13Cl2N5O4/c1-6(2)11-14(24)19-5-10(20-11)27-13-8(17)3-7(4-9(13)18)12-15(25)21-16(26)23-22-12/h3-6H,1-2H3,(H,19,24)(H2,21,23,25,26). The minimum absolute atomic E-state index is 0.0609. The van der Waals surface area contributed by atoms with Gasteiger partial charge in [0, 0.05) is 11.5 Å². The molecule has 0 spiro atoms. The van der Waals surface area contributed by atoms with Crippen LogP contribution >= 0.6 is 23.2 Å². The van der Waals surface area contributed by atoms with Gasteiger partial charge in [0.25, 0.3) is 11.1 Å². The number of hydrogen-bond acceptors (Lipinski definition) is 6. The summed E-state index contributed by atoms with van der Waals surface area (Å²) in [6.07, 6.45) is 1.29. The van der Waals surface area contributed by atoms with Crippen molar-refractivity contribution in [3.8, 4) is 22.9 Å². The largest absolute Gasteiger partial charge is 0.434 e. The Hall–Kier alpha value is -2.91. The van der Waals surface area contributed by atoms with E-state index in [0.717, 1.165) is 0 Å². The second-order valence-corrected chi connectivity index (χ2v) is 6.65. The van der Waals surface area contributed by atoms with E-state index in [0.29, 0.717) is 5.69 Å². The Labute approximate surface area is 161 Å². The van der Waals surface area contributed by atoms with Crippen molar-refractivity contribution in [2.45, 2.75) is 19.8 Å². The van der Waals surface area contributed by atoms with E-state index in [1.807, 2.05) is 13.8 Å². The third-order valence-corrected chi connectivity index (χ3v) is 4.09. The summed E-state index contributed by atoms with van der Waals surface area (Å²) in [7, 11) is 0. The highest BCUT2D eigenvalue weighted by Crippen LogP contribution is 2.38. The molecule has 2 aromatic heterocycles. The minimum Gasteiger partial charge on any atom is -0.434 e.